The van der Waals surface area contributed by atoms with E-state index in [9.17, 15) is 19.5 Å². The third-order valence-corrected chi connectivity index (χ3v) is 6.05. The highest BCUT2D eigenvalue weighted by molar-refractivity contribution is 8.00. The summed E-state index contributed by atoms with van der Waals surface area (Å²) in [5.74, 6) is 0.208. The summed E-state index contributed by atoms with van der Waals surface area (Å²) in [5.41, 5.74) is -0.930. The van der Waals surface area contributed by atoms with Crippen LogP contribution in [0.5, 0.6) is 5.75 Å². The van der Waals surface area contributed by atoms with Crippen molar-refractivity contribution >= 4 is 28.9 Å². The van der Waals surface area contributed by atoms with Crippen LogP contribution in [0.2, 0.25) is 0 Å². The number of ether oxygens (including phenoxy) is 2. The van der Waals surface area contributed by atoms with Gasteiger partial charge in [-0.1, -0.05) is 36.9 Å². The fraction of sp³-hybridized carbons (Fsp3) is 0.429. The van der Waals surface area contributed by atoms with Crippen LogP contribution in [0.3, 0.4) is 0 Å². The first kappa shape index (κ1) is 23.6. The Morgan fingerprint density at radius 2 is 1.97 bits per heavy atom. The summed E-state index contributed by atoms with van der Waals surface area (Å²) < 4.78 is 13.5. The van der Waals surface area contributed by atoms with Gasteiger partial charge >= 0.3 is 11.7 Å². The van der Waals surface area contributed by atoms with Crippen LogP contribution in [-0.2, 0) is 23.1 Å². The minimum atomic E-state index is -0.980. The Kier molecular flexibility index (Phi) is 7.75. The molecule has 0 aliphatic heterocycles. The molecule has 2 N–H and O–H groups in total. The van der Waals surface area contributed by atoms with Gasteiger partial charge in [0, 0.05) is 7.05 Å². The summed E-state index contributed by atoms with van der Waals surface area (Å²) in [4.78, 5) is 43.6. The average Bonchev–Trinajstić information content (AvgIpc) is 3.13. The lowest BCUT2D eigenvalue weighted by Gasteiger charge is -2.17. The number of para-hydroxylation sites is 1. The Morgan fingerprint density at radius 1 is 1.25 bits per heavy atom. The summed E-state index contributed by atoms with van der Waals surface area (Å²) in [6, 6.07) is 9.04. The van der Waals surface area contributed by atoms with E-state index in [0.29, 0.717) is 17.3 Å². The van der Waals surface area contributed by atoms with Crippen LogP contribution < -0.4 is 16.0 Å². The molecular weight excluding hydrogens is 436 g/mol. The fourth-order valence-corrected chi connectivity index (χ4v) is 4.12. The summed E-state index contributed by atoms with van der Waals surface area (Å²) in [5, 5.41) is 10.4. The number of nitrogens with one attached hydrogen (secondary N) is 1. The van der Waals surface area contributed by atoms with Crippen molar-refractivity contribution in [2.75, 3.05) is 13.2 Å². The van der Waals surface area contributed by atoms with Crippen LogP contribution in [0.15, 0.2) is 45.1 Å². The minimum absolute atomic E-state index is 0.0213. The van der Waals surface area contributed by atoms with E-state index in [1.165, 1.54) is 16.2 Å². The smallest absolute Gasteiger partial charge is 0.329 e. The SMILES string of the molecule is CCOC(=O)C(CC)Sc1nc2c(c(=O)[nH]c(=O)n2C)n1CC(O)COc1ccccc1. The number of hydrogen-bond acceptors (Lipinski definition) is 8. The van der Waals surface area contributed by atoms with Crippen molar-refractivity contribution in [1.29, 1.82) is 0 Å². The molecule has 3 rings (SSSR count). The predicted molar refractivity (Wildman–Crippen MR) is 120 cm³/mol. The van der Waals surface area contributed by atoms with Crippen LogP contribution in [0.1, 0.15) is 20.3 Å². The lowest BCUT2D eigenvalue weighted by Crippen LogP contribution is -2.31. The maximum absolute atomic E-state index is 12.6. The molecular formula is C21H26N4O6S. The molecule has 0 aliphatic carbocycles. The number of aryl methyl sites for hydroxylation is 1. The van der Waals surface area contributed by atoms with Crippen molar-refractivity contribution < 1.29 is 19.4 Å². The van der Waals surface area contributed by atoms with Crippen molar-refractivity contribution in [3.8, 4) is 5.75 Å². The number of rotatable bonds is 10. The zero-order chi connectivity index (χ0) is 23.3. The van der Waals surface area contributed by atoms with Gasteiger partial charge in [-0.15, -0.1) is 0 Å². The third-order valence-electron chi connectivity index (χ3n) is 4.72. The monoisotopic (exact) mass is 462 g/mol. The molecule has 11 heteroatoms. The average molecular weight is 463 g/mol. The van der Waals surface area contributed by atoms with Gasteiger partial charge in [0.05, 0.1) is 13.2 Å². The molecule has 0 aliphatic rings. The summed E-state index contributed by atoms with van der Waals surface area (Å²) in [6.45, 7) is 3.77. The Hall–Kier alpha value is -3.05. The van der Waals surface area contributed by atoms with Crippen molar-refractivity contribution in [1.82, 2.24) is 19.1 Å². The Bertz CT molecular complexity index is 1190. The fourth-order valence-electron chi connectivity index (χ4n) is 3.11. The number of aliphatic hydroxyl groups excluding tert-OH is 1. The van der Waals surface area contributed by atoms with Gasteiger partial charge in [-0.2, -0.15) is 0 Å². The quantitative estimate of drug-likeness (QED) is 0.341. The highest BCUT2D eigenvalue weighted by atomic mass is 32.2. The minimum Gasteiger partial charge on any atom is -0.491 e. The van der Waals surface area contributed by atoms with E-state index in [1.807, 2.05) is 25.1 Å². The first-order valence-corrected chi connectivity index (χ1v) is 11.1. The molecule has 2 atom stereocenters. The number of carbonyl (C=O) groups is 1. The van der Waals surface area contributed by atoms with Crippen molar-refractivity contribution in [2.24, 2.45) is 7.05 Å². The van der Waals surface area contributed by atoms with Gasteiger partial charge in [-0.3, -0.25) is 19.1 Å². The molecule has 0 saturated heterocycles. The Labute approximate surface area is 188 Å². The first-order chi connectivity index (χ1) is 15.3. The molecule has 0 bridgehead atoms. The standard InChI is InChI=1S/C21H26N4O6S/c1-4-15(19(28)30-5-2)32-21-22-17-16(18(27)23-20(29)24(17)3)25(21)11-13(26)12-31-14-9-7-6-8-10-14/h6-10,13,15,26H,4-5,11-12H2,1-3H3,(H,23,27,29). The van der Waals surface area contributed by atoms with Crippen LogP contribution >= 0.6 is 11.8 Å². The second kappa shape index (κ2) is 10.5. The lowest BCUT2D eigenvalue weighted by molar-refractivity contribution is -0.142. The number of esters is 1. The molecule has 1 aromatic carbocycles. The van der Waals surface area contributed by atoms with Crippen LogP contribution in [0.25, 0.3) is 11.2 Å². The first-order valence-electron chi connectivity index (χ1n) is 10.2. The third kappa shape index (κ3) is 5.22. The number of fused-ring (bicyclic) bond motifs is 1. The van der Waals surface area contributed by atoms with E-state index in [0.717, 1.165) is 11.8 Å². The maximum atomic E-state index is 12.6. The van der Waals surface area contributed by atoms with E-state index in [-0.39, 0.29) is 30.9 Å². The van der Waals surface area contributed by atoms with Gasteiger partial charge in [0.2, 0.25) is 0 Å². The molecule has 0 fully saturated rings. The largest absolute Gasteiger partial charge is 0.491 e. The molecule has 0 amide bonds. The number of hydrogen-bond donors (Lipinski definition) is 2. The summed E-state index contributed by atoms with van der Waals surface area (Å²) in [6.07, 6.45) is -0.506. The zero-order valence-corrected chi connectivity index (χ0v) is 18.9. The number of aliphatic hydroxyl groups is 1. The van der Waals surface area contributed by atoms with Gasteiger partial charge in [0.15, 0.2) is 16.3 Å². The molecule has 10 nitrogen and oxygen atoms in total. The van der Waals surface area contributed by atoms with Crippen molar-refractivity contribution in [3.63, 3.8) is 0 Å². The number of H-pyrrole nitrogens is 1. The van der Waals surface area contributed by atoms with Crippen molar-refractivity contribution in [2.45, 2.75) is 43.3 Å². The van der Waals surface area contributed by atoms with E-state index >= 15 is 0 Å². The van der Waals surface area contributed by atoms with E-state index in [4.69, 9.17) is 9.47 Å². The summed E-state index contributed by atoms with van der Waals surface area (Å²) >= 11 is 1.13. The number of aromatic nitrogens is 4. The number of nitrogens with zero attached hydrogens (tertiary/aromatic N) is 3. The Morgan fingerprint density at radius 3 is 2.62 bits per heavy atom. The molecule has 2 unspecified atom stereocenters. The molecule has 0 radical (unpaired) electrons. The maximum Gasteiger partial charge on any atom is 0.329 e. The highest BCUT2D eigenvalue weighted by Gasteiger charge is 2.26. The van der Waals surface area contributed by atoms with Crippen LogP contribution in [0, 0.1) is 0 Å². The molecule has 0 spiro atoms. The van der Waals surface area contributed by atoms with Gasteiger partial charge in [-0.25, -0.2) is 9.78 Å². The van der Waals surface area contributed by atoms with Crippen LogP contribution in [-0.4, -0.2) is 54.7 Å². The molecule has 172 valence electrons. The predicted octanol–water partition coefficient (Wildman–Crippen LogP) is 1.30. The number of benzene rings is 1. The second-order valence-electron chi connectivity index (χ2n) is 7.04. The number of thioether (sulfide) groups is 1. The van der Waals surface area contributed by atoms with Gasteiger partial charge in [0.1, 0.15) is 23.7 Å². The topological polar surface area (TPSA) is 128 Å². The number of imidazole rings is 1. The van der Waals surface area contributed by atoms with Gasteiger partial charge < -0.3 is 19.1 Å². The van der Waals surface area contributed by atoms with E-state index in [2.05, 4.69) is 9.97 Å². The van der Waals surface area contributed by atoms with E-state index < -0.39 is 28.6 Å². The van der Waals surface area contributed by atoms with Crippen molar-refractivity contribution in [3.05, 3.63) is 51.2 Å². The van der Waals surface area contributed by atoms with Gasteiger partial charge in [-0.05, 0) is 25.5 Å². The second-order valence-corrected chi connectivity index (χ2v) is 8.21. The number of carbonyl (C=O) groups excluding carboxylic acids is 1. The van der Waals surface area contributed by atoms with Crippen LogP contribution in [0.4, 0.5) is 0 Å². The molecule has 3 aromatic rings. The lowest BCUT2D eigenvalue weighted by atomic mass is 10.3. The van der Waals surface area contributed by atoms with Gasteiger partial charge in [0.25, 0.3) is 5.56 Å². The highest BCUT2D eigenvalue weighted by Crippen LogP contribution is 2.28. The molecule has 32 heavy (non-hydrogen) atoms. The molecule has 2 heterocycles. The zero-order valence-electron chi connectivity index (χ0n) is 18.1. The molecule has 2 aromatic heterocycles. The summed E-state index contributed by atoms with van der Waals surface area (Å²) in [7, 11) is 1.49. The molecule has 0 saturated carbocycles. The van der Waals surface area contributed by atoms with E-state index in [1.54, 1.807) is 19.1 Å². The normalized spacial score (nSPS) is 13.1. The number of aromatic amines is 1. The Balaban J connectivity index is 1.95.